The fourth-order valence-electron chi connectivity index (χ4n) is 1.50. The van der Waals surface area contributed by atoms with Crippen LogP contribution >= 0.6 is 0 Å². The number of carboxylic acids is 1. The molecule has 0 aliphatic rings. The first-order valence-electron chi connectivity index (χ1n) is 5.58. The van der Waals surface area contributed by atoms with Gasteiger partial charge in [0.2, 0.25) is 0 Å². The molecular weight excluding hydrogens is 291 g/mol. The molecule has 2 aromatic rings. The minimum absolute atomic E-state index is 0.191. The van der Waals surface area contributed by atoms with Gasteiger partial charge in [0, 0.05) is 6.20 Å². The summed E-state index contributed by atoms with van der Waals surface area (Å²) in [5.41, 5.74) is -0.417. The first-order valence-corrected chi connectivity index (χ1v) is 5.58. The molecule has 0 atom stereocenters. The number of ether oxygens (including phenoxy) is 2. The zero-order valence-electron chi connectivity index (χ0n) is 10.3. The van der Waals surface area contributed by atoms with Crippen LogP contribution in [0.4, 0.5) is 13.2 Å². The Morgan fingerprint density at radius 2 is 1.67 bits per heavy atom. The van der Waals surface area contributed by atoms with Gasteiger partial charge in [-0.05, 0) is 24.3 Å². The lowest BCUT2D eigenvalue weighted by molar-refractivity contribution is -0.275. The van der Waals surface area contributed by atoms with Gasteiger partial charge in [-0.25, -0.2) is 9.78 Å². The van der Waals surface area contributed by atoms with E-state index in [0.717, 1.165) is 6.07 Å². The zero-order valence-corrected chi connectivity index (χ0v) is 10.3. The van der Waals surface area contributed by atoms with E-state index in [4.69, 9.17) is 9.84 Å². The first kappa shape index (κ1) is 14.6. The lowest BCUT2D eigenvalue weighted by Gasteiger charge is -2.14. The Kier molecular flexibility index (Phi) is 3.97. The van der Waals surface area contributed by atoms with Gasteiger partial charge >= 0.3 is 12.3 Å². The monoisotopic (exact) mass is 299 g/mol. The fourth-order valence-corrected chi connectivity index (χ4v) is 1.50. The van der Waals surface area contributed by atoms with Gasteiger partial charge in [-0.3, -0.25) is 0 Å². The van der Waals surface area contributed by atoms with E-state index in [1.165, 1.54) is 36.5 Å². The second kappa shape index (κ2) is 5.70. The van der Waals surface area contributed by atoms with Gasteiger partial charge in [0.15, 0.2) is 22.9 Å². The predicted molar refractivity (Wildman–Crippen MR) is 64.4 cm³/mol. The third-order valence-electron chi connectivity index (χ3n) is 2.27. The summed E-state index contributed by atoms with van der Waals surface area (Å²) < 4.78 is 45.8. The molecular formula is C13H8F3NO4. The highest BCUT2D eigenvalue weighted by Gasteiger charge is 2.32. The highest BCUT2D eigenvalue weighted by atomic mass is 19.4. The van der Waals surface area contributed by atoms with Gasteiger partial charge in [-0.2, -0.15) is 0 Å². The number of benzene rings is 1. The van der Waals surface area contributed by atoms with Crippen molar-refractivity contribution in [3.8, 4) is 17.2 Å². The number of para-hydroxylation sites is 2. The van der Waals surface area contributed by atoms with Crippen LogP contribution in [0.5, 0.6) is 17.2 Å². The quantitative estimate of drug-likeness (QED) is 0.936. The number of carboxylic acid groups (broad SMARTS) is 1. The Bertz CT molecular complexity index is 658. The molecule has 1 N–H and O–H groups in total. The molecule has 0 saturated carbocycles. The molecule has 2 rings (SSSR count). The van der Waals surface area contributed by atoms with Crippen molar-refractivity contribution < 1.29 is 32.5 Å². The molecule has 0 saturated heterocycles. The van der Waals surface area contributed by atoms with E-state index < -0.39 is 23.8 Å². The van der Waals surface area contributed by atoms with Crippen LogP contribution in [-0.2, 0) is 0 Å². The number of rotatable bonds is 4. The summed E-state index contributed by atoms with van der Waals surface area (Å²) in [6, 6.07) is 7.71. The molecule has 0 spiro atoms. The molecule has 110 valence electrons. The molecule has 8 heteroatoms. The van der Waals surface area contributed by atoms with Crippen LogP contribution in [0.25, 0.3) is 0 Å². The number of hydrogen-bond donors (Lipinski definition) is 1. The van der Waals surface area contributed by atoms with E-state index in [1.54, 1.807) is 0 Å². The Labute approximate surface area is 116 Å². The molecule has 0 radical (unpaired) electrons. The summed E-state index contributed by atoms with van der Waals surface area (Å²) in [6.07, 6.45) is -3.65. The van der Waals surface area contributed by atoms with Gasteiger partial charge < -0.3 is 14.6 Å². The Balaban J connectivity index is 2.35. The van der Waals surface area contributed by atoms with E-state index in [-0.39, 0.29) is 11.5 Å². The van der Waals surface area contributed by atoms with E-state index in [2.05, 4.69) is 9.72 Å². The van der Waals surface area contributed by atoms with E-state index in [0.29, 0.717) is 0 Å². The van der Waals surface area contributed by atoms with Crippen LogP contribution < -0.4 is 9.47 Å². The van der Waals surface area contributed by atoms with Crippen LogP contribution in [0.1, 0.15) is 10.5 Å². The molecule has 0 aliphatic carbocycles. The van der Waals surface area contributed by atoms with E-state index >= 15 is 0 Å². The molecule has 1 aromatic heterocycles. The molecule has 0 unspecified atom stereocenters. The second-order valence-electron chi connectivity index (χ2n) is 3.75. The summed E-state index contributed by atoms with van der Waals surface area (Å²) in [6.45, 7) is 0. The van der Waals surface area contributed by atoms with E-state index in [1.807, 2.05) is 0 Å². The topological polar surface area (TPSA) is 68.7 Å². The van der Waals surface area contributed by atoms with Crippen molar-refractivity contribution in [2.24, 2.45) is 0 Å². The van der Waals surface area contributed by atoms with Crippen molar-refractivity contribution in [2.45, 2.75) is 6.36 Å². The highest BCUT2D eigenvalue weighted by molar-refractivity contribution is 5.88. The lowest BCUT2D eigenvalue weighted by atomic mass is 10.3. The fraction of sp³-hybridized carbons (Fsp3) is 0.0769. The maximum absolute atomic E-state index is 12.3. The van der Waals surface area contributed by atoms with Gasteiger partial charge in [0.05, 0.1) is 0 Å². The number of halogens is 3. The van der Waals surface area contributed by atoms with E-state index in [9.17, 15) is 18.0 Å². The van der Waals surface area contributed by atoms with Crippen LogP contribution in [0.3, 0.4) is 0 Å². The number of hydrogen-bond acceptors (Lipinski definition) is 4. The van der Waals surface area contributed by atoms with Gasteiger partial charge in [-0.15, -0.1) is 13.2 Å². The minimum atomic E-state index is -4.88. The number of carbonyl (C=O) groups is 1. The second-order valence-corrected chi connectivity index (χ2v) is 3.75. The SMILES string of the molecule is O=C(O)c1ncccc1Oc1ccccc1OC(F)(F)F. The number of alkyl halides is 3. The molecule has 0 fully saturated rings. The van der Waals surface area contributed by atoms with Crippen LogP contribution in [-0.4, -0.2) is 22.4 Å². The predicted octanol–water partition coefficient (Wildman–Crippen LogP) is 3.47. The Morgan fingerprint density at radius 1 is 1.05 bits per heavy atom. The summed E-state index contributed by atoms with van der Waals surface area (Å²) in [7, 11) is 0. The number of pyridine rings is 1. The van der Waals surface area contributed by atoms with Gasteiger partial charge in [0.1, 0.15) is 0 Å². The van der Waals surface area contributed by atoms with Crippen LogP contribution in [0.15, 0.2) is 42.6 Å². The average molecular weight is 299 g/mol. The van der Waals surface area contributed by atoms with Gasteiger partial charge in [-0.1, -0.05) is 12.1 Å². The summed E-state index contributed by atoms with van der Waals surface area (Å²) in [4.78, 5) is 14.6. The lowest BCUT2D eigenvalue weighted by Crippen LogP contribution is -2.17. The smallest absolute Gasteiger partial charge is 0.476 e. The molecule has 1 heterocycles. The normalized spacial score (nSPS) is 11.0. The largest absolute Gasteiger partial charge is 0.573 e. The summed E-state index contributed by atoms with van der Waals surface area (Å²) >= 11 is 0. The zero-order chi connectivity index (χ0) is 15.5. The summed E-state index contributed by atoms with van der Waals surface area (Å²) in [5.74, 6) is -2.40. The van der Waals surface area contributed by atoms with Crippen molar-refractivity contribution >= 4 is 5.97 Å². The van der Waals surface area contributed by atoms with Gasteiger partial charge in [0.25, 0.3) is 0 Å². The number of aromatic carboxylic acids is 1. The summed E-state index contributed by atoms with van der Waals surface area (Å²) in [5, 5.41) is 8.95. The Hall–Kier alpha value is -2.77. The van der Waals surface area contributed by atoms with Crippen molar-refractivity contribution in [3.05, 3.63) is 48.3 Å². The van der Waals surface area contributed by atoms with Crippen LogP contribution in [0, 0.1) is 0 Å². The average Bonchev–Trinajstić information content (AvgIpc) is 2.40. The number of nitrogens with zero attached hydrogens (tertiary/aromatic N) is 1. The first-order chi connectivity index (χ1) is 9.87. The molecule has 0 amide bonds. The molecule has 1 aromatic carbocycles. The maximum Gasteiger partial charge on any atom is 0.573 e. The highest BCUT2D eigenvalue weighted by Crippen LogP contribution is 2.35. The molecule has 0 bridgehead atoms. The van der Waals surface area contributed by atoms with Crippen molar-refractivity contribution in [1.82, 2.24) is 4.98 Å². The maximum atomic E-state index is 12.3. The van der Waals surface area contributed by atoms with Crippen molar-refractivity contribution in [1.29, 1.82) is 0 Å². The number of aromatic nitrogens is 1. The molecule has 21 heavy (non-hydrogen) atoms. The van der Waals surface area contributed by atoms with Crippen LogP contribution in [0.2, 0.25) is 0 Å². The minimum Gasteiger partial charge on any atom is -0.476 e. The van der Waals surface area contributed by atoms with Crippen molar-refractivity contribution in [3.63, 3.8) is 0 Å². The third-order valence-corrected chi connectivity index (χ3v) is 2.27. The molecule has 5 nitrogen and oxygen atoms in total. The Morgan fingerprint density at radius 3 is 2.29 bits per heavy atom. The standard InChI is InChI=1S/C13H8F3NO4/c14-13(15,16)21-9-5-2-1-4-8(9)20-10-6-3-7-17-11(10)12(18)19/h1-7H,(H,18,19). The van der Waals surface area contributed by atoms with Crippen molar-refractivity contribution in [2.75, 3.05) is 0 Å². The molecule has 0 aliphatic heterocycles. The third kappa shape index (κ3) is 3.85.